The molecule has 2 aromatic heterocycles. The number of alkyl halides is 1. The number of pyridine rings is 2. The second-order valence-electron chi connectivity index (χ2n) is 10.4. The molecule has 0 radical (unpaired) electrons. The van der Waals surface area contributed by atoms with Crippen LogP contribution in [0.15, 0.2) is 39.8 Å². The normalized spacial score (nSPS) is 17.6. The smallest absolute Gasteiger partial charge is 0.413 e. The van der Waals surface area contributed by atoms with Crippen LogP contribution in [0.4, 0.5) is 19.4 Å². The van der Waals surface area contributed by atoms with Gasteiger partial charge in [0.2, 0.25) is 6.86 Å². The van der Waals surface area contributed by atoms with Crippen molar-refractivity contribution in [2.24, 2.45) is 15.3 Å². The lowest BCUT2D eigenvalue weighted by Crippen LogP contribution is -2.43. The molecule has 218 valence electrons. The Morgan fingerprint density at radius 1 is 1.20 bits per heavy atom. The van der Waals surface area contributed by atoms with E-state index in [4.69, 9.17) is 9.73 Å². The molecule has 2 aromatic rings. The summed E-state index contributed by atoms with van der Waals surface area (Å²) in [7, 11) is -1.72. The number of carbonyl (C=O) groups is 2. The monoisotopic (exact) mass is 579 g/mol. The molecule has 0 bridgehead atoms. The van der Waals surface area contributed by atoms with Crippen molar-refractivity contribution >= 4 is 34.2 Å². The number of alkyl carbamates (subject to hydrolysis) is 1. The Labute approximate surface area is 233 Å². The van der Waals surface area contributed by atoms with Gasteiger partial charge < -0.3 is 23.4 Å². The molecular formula is C26H33F2N6O5S-. The molecule has 0 saturated heterocycles. The lowest BCUT2D eigenvalue weighted by Gasteiger charge is -2.36. The Morgan fingerprint density at radius 2 is 1.93 bits per heavy atom. The van der Waals surface area contributed by atoms with Crippen LogP contribution >= 0.6 is 0 Å². The number of hydrogen-bond acceptors (Lipinski definition) is 10. The topological polar surface area (TPSA) is 144 Å². The van der Waals surface area contributed by atoms with Crippen LogP contribution in [0.25, 0.3) is 0 Å². The van der Waals surface area contributed by atoms with Crippen LogP contribution in [0.2, 0.25) is 0 Å². The third-order valence-electron chi connectivity index (χ3n) is 5.77. The molecule has 40 heavy (non-hydrogen) atoms. The second-order valence-corrected chi connectivity index (χ2v) is 11.8. The maximum Gasteiger partial charge on any atom is 0.413 e. The Morgan fingerprint density at radius 3 is 2.48 bits per heavy atom. The van der Waals surface area contributed by atoms with Crippen LogP contribution in [0, 0.1) is 11.7 Å². The highest BCUT2D eigenvalue weighted by Gasteiger charge is 2.39. The Hall–Kier alpha value is -3.68. The minimum Gasteiger partial charge on any atom is -0.461 e. The summed E-state index contributed by atoms with van der Waals surface area (Å²) >= 11 is 0. The van der Waals surface area contributed by atoms with Crippen LogP contribution in [-0.4, -0.2) is 52.1 Å². The highest BCUT2D eigenvalue weighted by Crippen LogP contribution is 2.37. The van der Waals surface area contributed by atoms with Crippen molar-refractivity contribution in [3.63, 3.8) is 0 Å². The zero-order chi connectivity index (χ0) is 29.7. The summed E-state index contributed by atoms with van der Waals surface area (Å²) in [6.07, 6.45) is 0.775. The highest BCUT2D eigenvalue weighted by molar-refractivity contribution is 7.75. The Bertz CT molecular complexity index is 1360. The van der Waals surface area contributed by atoms with E-state index in [0.717, 1.165) is 6.07 Å². The van der Waals surface area contributed by atoms with Gasteiger partial charge in [0.15, 0.2) is 0 Å². The first-order valence-corrected chi connectivity index (χ1v) is 13.7. The van der Waals surface area contributed by atoms with Crippen molar-refractivity contribution in [1.82, 2.24) is 15.3 Å². The van der Waals surface area contributed by atoms with Gasteiger partial charge >= 0.3 is 6.09 Å². The fourth-order valence-electron chi connectivity index (χ4n) is 3.88. The van der Waals surface area contributed by atoms with E-state index in [1.807, 2.05) is 0 Å². The molecule has 0 fully saturated rings. The van der Waals surface area contributed by atoms with E-state index >= 15 is 4.39 Å². The summed E-state index contributed by atoms with van der Waals surface area (Å²) in [6, 6.07) is 5.09. The zero-order valence-corrected chi connectivity index (χ0v) is 24.0. The maximum absolute atomic E-state index is 15.4. The number of ether oxygens (including phenoxy) is 2. The minimum atomic E-state index is -1.72. The number of aromatic nitrogens is 2. The summed E-state index contributed by atoms with van der Waals surface area (Å²) in [5.41, 5.74) is -2.52. The van der Waals surface area contributed by atoms with Gasteiger partial charge in [-0.05, 0) is 63.6 Å². The van der Waals surface area contributed by atoms with E-state index < -0.39 is 51.7 Å². The summed E-state index contributed by atoms with van der Waals surface area (Å²) in [5.74, 6) is -1.43. The van der Waals surface area contributed by atoms with E-state index in [0.29, 0.717) is 6.42 Å². The van der Waals surface area contributed by atoms with Crippen molar-refractivity contribution in [3.05, 3.63) is 47.7 Å². The average molecular weight is 580 g/mol. The summed E-state index contributed by atoms with van der Waals surface area (Å²) in [6.45, 7) is 9.52. The molecular weight excluding hydrogens is 546 g/mol. The van der Waals surface area contributed by atoms with Gasteiger partial charge in [-0.15, -0.1) is 0 Å². The maximum atomic E-state index is 15.4. The number of rotatable bonds is 8. The lowest BCUT2D eigenvalue weighted by atomic mass is 9.90. The fraction of sp³-hybridized carbons (Fsp3) is 0.500. The Balaban J connectivity index is 2.02. The molecule has 0 aromatic carbocycles. The molecule has 1 aliphatic heterocycles. The van der Waals surface area contributed by atoms with Crippen molar-refractivity contribution < 1.29 is 32.1 Å². The van der Waals surface area contributed by atoms with Gasteiger partial charge in [0, 0.05) is 12.5 Å². The number of carbonyl (C=O) groups excluding carboxylic acids is 2. The number of aliphatic imine (C=N–C) groups is 1. The molecule has 1 aliphatic rings. The van der Waals surface area contributed by atoms with Gasteiger partial charge in [0.05, 0.1) is 11.7 Å². The Kier molecular flexibility index (Phi) is 9.77. The van der Waals surface area contributed by atoms with E-state index in [-0.39, 0.29) is 41.3 Å². The summed E-state index contributed by atoms with van der Waals surface area (Å²) < 4.78 is 54.8. The number of nitrogens with one attached hydrogen (secondary N) is 2. The van der Waals surface area contributed by atoms with Gasteiger partial charge in [0.25, 0.3) is 5.91 Å². The fourth-order valence-corrected chi connectivity index (χ4v) is 5.20. The van der Waals surface area contributed by atoms with Crippen LogP contribution in [0.1, 0.15) is 64.1 Å². The predicted octanol–water partition coefficient (Wildman–Crippen LogP) is 4.89. The molecule has 14 heteroatoms. The van der Waals surface area contributed by atoms with Gasteiger partial charge in [-0.1, -0.05) is 13.8 Å². The minimum absolute atomic E-state index is 0.0133. The second kappa shape index (κ2) is 12.7. The molecule has 3 rings (SSSR count). The van der Waals surface area contributed by atoms with Gasteiger partial charge in [0.1, 0.15) is 40.2 Å². The van der Waals surface area contributed by atoms with E-state index in [1.54, 1.807) is 41.5 Å². The van der Waals surface area contributed by atoms with E-state index in [2.05, 4.69) is 29.7 Å². The molecule has 11 nitrogen and oxygen atoms in total. The van der Waals surface area contributed by atoms with Crippen molar-refractivity contribution in [1.29, 1.82) is 0 Å². The van der Waals surface area contributed by atoms with E-state index in [9.17, 15) is 18.2 Å². The van der Waals surface area contributed by atoms with Crippen molar-refractivity contribution in [2.75, 3.05) is 18.7 Å². The number of anilines is 1. The first-order chi connectivity index (χ1) is 18.7. The molecule has 2 amide bonds. The third-order valence-corrected chi connectivity index (χ3v) is 7.38. The summed E-state index contributed by atoms with van der Waals surface area (Å²) in [5, 5.41) is 4.42. The van der Waals surface area contributed by atoms with Crippen molar-refractivity contribution in [3.8, 4) is 5.75 Å². The zero-order valence-electron chi connectivity index (χ0n) is 23.2. The largest absolute Gasteiger partial charge is 0.461 e. The van der Waals surface area contributed by atoms with Crippen LogP contribution in [-0.2, 0) is 25.1 Å². The first-order valence-electron chi connectivity index (χ1n) is 12.5. The number of amidine groups is 1. The van der Waals surface area contributed by atoms with E-state index in [1.165, 1.54) is 24.4 Å². The molecule has 0 aliphatic carbocycles. The molecule has 2 unspecified atom stereocenters. The number of nitrogens with zero attached hydrogens (tertiary/aromatic N) is 4. The lowest BCUT2D eigenvalue weighted by molar-refractivity contribution is 0.0560. The van der Waals surface area contributed by atoms with Gasteiger partial charge in [-0.25, -0.2) is 23.5 Å². The van der Waals surface area contributed by atoms with Crippen LogP contribution in [0.3, 0.4) is 0 Å². The molecule has 3 heterocycles. The van der Waals surface area contributed by atoms with Gasteiger partial charge in [-0.2, -0.15) is 10.6 Å². The SMILES string of the molecule is CC(C)C(=NC(C)(c1nc(NC(=O)c2ccc(OCF)cn2)ccc1F)C1CCN=[S-]1=O)NC(=O)OC(C)(C)C. The standard InChI is InChI=1S/C26H33F2N6O5S/c1-15(2)22(33-24(36)39-25(3,4)5)34-26(6,19-11-12-30-40(19)37)21-17(28)8-10-20(31-21)32-23(35)18-9-7-16(13-29-18)38-14-27/h7-10,13,15,19H,11-12,14H2,1-6H3,(H,31,32,35)(H,33,34,36)/q-1. The van der Waals surface area contributed by atoms with Crippen molar-refractivity contribution in [2.45, 2.75) is 64.4 Å². The number of halogens is 2. The first kappa shape index (κ1) is 30.9. The number of amides is 2. The molecule has 0 spiro atoms. The molecule has 2 atom stereocenters. The van der Waals surface area contributed by atoms with Gasteiger partial charge in [-0.3, -0.25) is 15.1 Å². The highest BCUT2D eigenvalue weighted by atomic mass is 32.2. The average Bonchev–Trinajstić information content (AvgIpc) is 3.30. The predicted molar refractivity (Wildman–Crippen MR) is 146 cm³/mol. The third kappa shape index (κ3) is 7.71. The number of hydrogen-bond donors (Lipinski definition) is 2. The molecule has 0 saturated carbocycles. The quantitative estimate of drug-likeness (QED) is 0.257. The molecule has 2 N–H and O–H groups in total. The van der Waals surface area contributed by atoms with Crippen LogP contribution in [0.5, 0.6) is 5.75 Å². The summed E-state index contributed by atoms with van der Waals surface area (Å²) in [4.78, 5) is 38.3. The van der Waals surface area contributed by atoms with Crippen LogP contribution < -0.4 is 15.4 Å².